The first-order valence-electron chi connectivity index (χ1n) is 18.4. The molecule has 0 spiro atoms. The van der Waals surface area contributed by atoms with Crippen molar-refractivity contribution in [1.29, 1.82) is 0 Å². The predicted molar refractivity (Wildman–Crippen MR) is 206 cm³/mol. The molecule has 0 radical (unpaired) electrons. The summed E-state index contributed by atoms with van der Waals surface area (Å²) in [5.41, 5.74) is 7.23. The predicted octanol–water partition coefficient (Wildman–Crippen LogP) is 7.94. The maximum Gasteiger partial charge on any atom is 0.409 e. The molecule has 0 saturated heterocycles. The van der Waals surface area contributed by atoms with Crippen molar-refractivity contribution in [2.75, 3.05) is 79.7 Å². The lowest BCUT2D eigenvalue weighted by Crippen LogP contribution is -2.34. The fourth-order valence-electron chi connectivity index (χ4n) is 6.78. The molecule has 0 N–H and O–H groups in total. The van der Waals surface area contributed by atoms with Gasteiger partial charge < -0.3 is 33.3 Å². The number of amides is 1. The van der Waals surface area contributed by atoms with Gasteiger partial charge in [-0.05, 0) is 38.9 Å². The largest absolute Gasteiger partial charge is 0.448 e. The topological polar surface area (TPSA) is 75.7 Å². The first kappa shape index (κ1) is 37.9. The number of hydrogen-bond donors (Lipinski definition) is 0. The quantitative estimate of drug-likeness (QED) is 0.0564. The standard InChI is InChI=1S/C45H49NO7/c1-46(44(47)52-35-43-41-23-13-11-21-39(41)40-22-12-14-24-42(40)43)25-26-48-27-28-49-29-30-50-31-32-51-33-34-53-45(36-15-5-2-6-16-36,37-17-7-3-8-18-37)38-19-9-4-10-20-38/h2-24,43H,25-35H2,1H3. The molecule has 0 aromatic heterocycles. The van der Waals surface area contributed by atoms with Gasteiger partial charge in [-0.25, -0.2) is 4.79 Å². The van der Waals surface area contributed by atoms with Crippen LogP contribution in [0.4, 0.5) is 4.79 Å². The van der Waals surface area contributed by atoms with E-state index in [9.17, 15) is 4.79 Å². The molecule has 8 heteroatoms. The second-order valence-corrected chi connectivity index (χ2v) is 12.8. The summed E-state index contributed by atoms with van der Waals surface area (Å²) in [4.78, 5) is 14.2. The molecule has 1 amide bonds. The summed E-state index contributed by atoms with van der Waals surface area (Å²) in [6.07, 6.45) is -0.361. The normalized spacial score (nSPS) is 12.3. The summed E-state index contributed by atoms with van der Waals surface area (Å²) >= 11 is 0. The third kappa shape index (κ3) is 9.79. The summed E-state index contributed by atoms with van der Waals surface area (Å²) < 4.78 is 35.3. The highest BCUT2D eigenvalue weighted by molar-refractivity contribution is 5.79. The number of fused-ring (bicyclic) bond motifs is 3. The summed E-state index contributed by atoms with van der Waals surface area (Å²) in [6, 6.07) is 47.6. The highest BCUT2D eigenvalue weighted by Crippen LogP contribution is 2.44. The monoisotopic (exact) mass is 715 g/mol. The maximum absolute atomic E-state index is 12.7. The van der Waals surface area contributed by atoms with Crippen molar-refractivity contribution < 1.29 is 33.2 Å². The third-order valence-electron chi connectivity index (χ3n) is 9.42. The molecule has 5 aromatic carbocycles. The summed E-state index contributed by atoms with van der Waals surface area (Å²) in [5.74, 6) is 0.0378. The fourth-order valence-corrected chi connectivity index (χ4v) is 6.78. The number of carbonyl (C=O) groups is 1. The van der Waals surface area contributed by atoms with E-state index in [1.807, 2.05) is 78.9 Å². The minimum absolute atomic E-state index is 0.0378. The SMILES string of the molecule is CN(CCOCCOCCOCCOCCOC(c1ccccc1)(c1ccccc1)c1ccccc1)C(=O)OCC1c2ccccc2-c2ccccc21. The van der Waals surface area contributed by atoms with Gasteiger partial charge in [-0.1, -0.05) is 140 Å². The Labute approximate surface area is 313 Å². The van der Waals surface area contributed by atoms with Crippen molar-refractivity contribution in [2.24, 2.45) is 0 Å². The van der Waals surface area contributed by atoms with Crippen LogP contribution >= 0.6 is 0 Å². The lowest BCUT2D eigenvalue weighted by atomic mass is 9.80. The maximum atomic E-state index is 12.7. The van der Waals surface area contributed by atoms with Crippen LogP contribution in [0.1, 0.15) is 33.7 Å². The van der Waals surface area contributed by atoms with Crippen molar-refractivity contribution in [2.45, 2.75) is 11.5 Å². The van der Waals surface area contributed by atoms with Crippen molar-refractivity contribution in [3.63, 3.8) is 0 Å². The Kier molecular flexibility index (Phi) is 14.2. The van der Waals surface area contributed by atoms with Gasteiger partial charge in [0, 0.05) is 19.5 Å². The van der Waals surface area contributed by atoms with Crippen molar-refractivity contribution >= 4 is 6.09 Å². The van der Waals surface area contributed by atoms with E-state index < -0.39 is 5.60 Å². The molecular formula is C45H49NO7. The van der Waals surface area contributed by atoms with E-state index >= 15 is 0 Å². The molecule has 0 saturated carbocycles. The lowest BCUT2D eigenvalue weighted by Gasteiger charge is -2.36. The number of benzene rings is 5. The summed E-state index contributed by atoms with van der Waals surface area (Å²) in [7, 11) is 1.72. The molecule has 8 nitrogen and oxygen atoms in total. The van der Waals surface area contributed by atoms with Crippen LogP contribution in [0.15, 0.2) is 140 Å². The van der Waals surface area contributed by atoms with Gasteiger partial charge in [-0.3, -0.25) is 0 Å². The zero-order valence-electron chi connectivity index (χ0n) is 30.4. The molecule has 276 valence electrons. The van der Waals surface area contributed by atoms with Gasteiger partial charge in [0.2, 0.25) is 0 Å². The van der Waals surface area contributed by atoms with E-state index in [2.05, 4.69) is 60.7 Å². The van der Waals surface area contributed by atoms with E-state index in [-0.39, 0.29) is 12.0 Å². The van der Waals surface area contributed by atoms with Crippen molar-refractivity contribution in [1.82, 2.24) is 4.90 Å². The van der Waals surface area contributed by atoms with Gasteiger partial charge in [0.15, 0.2) is 0 Å². The number of nitrogens with zero attached hydrogens (tertiary/aromatic N) is 1. The molecule has 0 heterocycles. The zero-order valence-corrected chi connectivity index (χ0v) is 30.4. The van der Waals surface area contributed by atoms with Crippen LogP contribution in [0.3, 0.4) is 0 Å². The molecule has 1 aliphatic rings. The Morgan fingerprint density at radius 2 is 0.887 bits per heavy atom. The minimum atomic E-state index is -0.761. The first-order chi connectivity index (χ1) is 26.2. The van der Waals surface area contributed by atoms with Crippen molar-refractivity contribution in [3.8, 4) is 11.1 Å². The Morgan fingerprint density at radius 1 is 0.509 bits per heavy atom. The van der Waals surface area contributed by atoms with Crippen LogP contribution < -0.4 is 0 Å². The molecule has 5 aromatic rings. The molecule has 0 unspecified atom stereocenters. The van der Waals surface area contributed by atoms with E-state index in [1.165, 1.54) is 22.3 Å². The Bertz CT molecular complexity index is 1680. The Balaban J connectivity index is 0.805. The van der Waals surface area contributed by atoms with E-state index in [0.29, 0.717) is 72.6 Å². The molecule has 53 heavy (non-hydrogen) atoms. The molecule has 1 aliphatic carbocycles. The highest BCUT2D eigenvalue weighted by atomic mass is 16.6. The second-order valence-electron chi connectivity index (χ2n) is 12.8. The van der Waals surface area contributed by atoms with Crippen LogP contribution in [0.5, 0.6) is 0 Å². The average Bonchev–Trinajstić information content (AvgIpc) is 3.54. The van der Waals surface area contributed by atoms with Crippen LogP contribution in [-0.4, -0.2) is 90.7 Å². The highest BCUT2D eigenvalue weighted by Gasteiger charge is 2.37. The van der Waals surface area contributed by atoms with Crippen LogP contribution in [0.2, 0.25) is 0 Å². The van der Waals surface area contributed by atoms with Crippen molar-refractivity contribution in [3.05, 3.63) is 167 Å². The number of carbonyl (C=O) groups excluding carboxylic acids is 1. The van der Waals surface area contributed by atoms with E-state index in [4.69, 9.17) is 28.4 Å². The number of ether oxygens (including phenoxy) is 6. The van der Waals surface area contributed by atoms with Gasteiger partial charge in [-0.15, -0.1) is 0 Å². The lowest BCUT2D eigenvalue weighted by molar-refractivity contribution is -0.0385. The minimum Gasteiger partial charge on any atom is -0.448 e. The Hall–Kier alpha value is -4.83. The third-order valence-corrected chi connectivity index (χ3v) is 9.42. The molecule has 0 fully saturated rings. The summed E-state index contributed by atoms with van der Waals surface area (Å²) in [5, 5.41) is 0. The van der Waals surface area contributed by atoms with E-state index in [1.54, 1.807) is 11.9 Å². The van der Waals surface area contributed by atoms with E-state index in [0.717, 1.165) is 16.7 Å². The number of likely N-dealkylation sites (N-methyl/N-ethyl adjacent to an activating group) is 1. The average molecular weight is 716 g/mol. The van der Waals surface area contributed by atoms with Crippen LogP contribution in [0.25, 0.3) is 11.1 Å². The smallest absolute Gasteiger partial charge is 0.409 e. The first-order valence-corrected chi connectivity index (χ1v) is 18.4. The van der Waals surface area contributed by atoms with Gasteiger partial charge in [0.25, 0.3) is 0 Å². The molecule has 0 aliphatic heterocycles. The number of hydrogen-bond acceptors (Lipinski definition) is 7. The molecular weight excluding hydrogens is 666 g/mol. The van der Waals surface area contributed by atoms with Gasteiger partial charge in [0.1, 0.15) is 12.2 Å². The van der Waals surface area contributed by atoms with Gasteiger partial charge >= 0.3 is 6.09 Å². The Morgan fingerprint density at radius 3 is 1.34 bits per heavy atom. The molecule has 6 rings (SSSR count). The fraction of sp³-hybridized carbons (Fsp3) is 0.311. The van der Waals surface area contributed by atoms with Gasteiger partial charge in [-0.2, -0.15) is 0 Å². The van der Waals surface area contributed by atoms with Crippen LogP contribution in [0, 0.1) is 0 Å². The second kappa shape index (κ2) is 19.9. The number of rotatable bonds is 21. The summed E-state index contributed by atoms with van der Waals surface area (Å²) in [6.45, 7) is 4.67. The zero-order chi connectivity index (χ0) is 36.6. The van der Waals surface area contributed by atoms with Gasteiger partial charge in [0.05, 0.1) is 59.5 Å². The molecule has 0 atom stereocenters. The molecule has 0 bridgehead atoms. The van der Waals surface area contributed by atoms with Crippen LogP contribution in [-0.2, 0) is 34.0 Å².